The van der Waals surface area contributed by atoms with Crippen molar-refractivity contribution in [3.63, 3.8) is 0 Å². The molecular formula is C17H13ClN4O6S. The van der Waals surface area contributed by atoms with Gasteiger partial charge >= 0.3 is 5.97 Å². The van der Waals surface area contributed by atoms with Crippen LogP contribution >= 0.6 is 22.9 Å². The minimum absolute atomic E-state index is 0.0424. The molecule has 2 heterocycles. The minimum Gasteiger partial charge on any atom is -0.456 e. The second kappa shape index (κ2) is 8.80. The van der Waals surface area contributed by atoms with Crippen LogP contribution in [0.5, 0.6) is 0 Å². The van der Waals surface area contributed by atoms with Gasteiger partial charge in [0.2, 0.25) is 0 Å². The second-order valence-corrected chi connectivity index (χ2v) is 7.09. The molecule has 12 heteroatoms. The average Bonchev–Trinajstić information content (AvgIpc) is 3.17. The van der Waals surface area contributed by atoms with Crippen LogP contribution < -0.4 is 10.9 Å². The largest absolute Gasteiger partial charge is 0.456 e. The number of nitrogens with zero attached hydrogens (tertiary/aromatic N) is 3. The first-order chi connectivity index (χ1) is 13.8. The number of carbonyl (C=O) groups is 2. The highest BCUT2D eigenvalue weighted by Gasteiger charge is 2.17. The molecule has 0 fully saturated rings. The molecule has 0 radical (unpaired) electrons. The van der Waals surface area contributed by atoms with Gasteiger partial charge in [-0.2, -0.15) is 0 Å². The Balaban J connectivity index is 1.53. The molecule has 1 N–H and O–H groups in total. The number of nitro groups is 1. The van der Waals surface area contributed by atoms with Crippen LogP contribution in [0.25, 0.3) is 10.2 Å². The first-order valence-corrected chi connectivity index (χ1v) is 9.43. The standard InChI is InChI=1S/C17H13ClN4O6S/c18-10-1-2-12(13(7-10)22(26)27)20-14(23)8-28-15(24)3-5-21-9-19-16-11(17(21)25)4-6-29-16/h1-2,4,6-7,9H,3,5,8H2,(H,20,23). The summed E-state index contributed by atoms with van der Waals surface area (Å²) in [7, 11) is 0. The number of amides is 1. The van der Waals surface area contributed by atoms with Crippen molar-refractivity contribution in [3.05, 3.63) is 61.5 Å². The summed E-state index contributed by atoms with van der Waals surface area (Å²) in [4.78, 5) is 51.1. The van der Waals surface area contributed by atoms with E-state index in [1.165, 1.54) is 34.4 Å². The van der Waals surface area contributed by atoms with Gasteiger partial charge in [0.1, 0.15) is 10.5 Å². The van der Waals surface area contributed by atoms with Crippen molar-refractivity contribution >= 4 is 56.4 Å². The molecule has 0 atom stereocenters. The Hall–Kier alpha value is -3.31. The average molecular weight is 437 g/mol. The molecule has 0 bridgehead atoms. The molecule has 29 heavy (non-hydrogen) atoms. The summed E-state index contributed by atoms with van der Waals surface area (Å²) < 4.78 is 6.14. The van der Waals surface area contributed by atoms with E-state index in [1.54, 1.807) is 11.4 Å². The Morgan fingerprint density at radius 2 is 2.14 bits per heavy atom. The van der Waals surface area contributed by atoms with Crippen molar-refractivity contribution in [1.82, 2.24) is 9.55 Å². The van der Waals surface area contributed by atoms with Gasteiger partial charge < -0.3 is 10.1 Å². The molecular weight excluding hydrogens is 424 g/mol. The number of hydrogen-bond acceptors (Lipinski definition) is 8. The highest BCUT2D eigenvalue weighted by molar-refractivity contribution is 7.16. The number of anilines is 1. The predicted molar refractivity (Wildman–Crippen MR) is 106 cm³/mol. The maximum atomic E-state index is 12.2. The molecule has 1 aromatic carbocycles. The van der Waals surface area contributed by atoms with Crippen molar-refractivity contribution in [2.75, 3.05) is 11.9 Å². The van der Waals surface area contributed by atoms with Crippen molar-refractivity contribution in [2.24, 2.45) is 0 Å². The first-order valence-electron chi connectivity index (χ1n) is 8.17. The molecule has 1 amide bonds. The van der Waals surface area contributed by atoms with Gasteiger partial charge in [0.25, 0.3) is 17.2 Å². The summed E-state index contributed by atoms with van der Waals surface area (Å²) in [6, 6.07) is 5.41. The lowest BCUT2D eigenvalue weighted by Gasteiger charge is -2.08. The molecule has 0 aliphatic carbocycles. The Bertz CT molecular complexity index is 1160. The minimum atomic E-state index is -0.748. The van der Waals surface area contributed by atoms with E-state index in [9.17, 15) is 24.5 Å². The van der Waals surface area contributed by atoms with Gasteiger partial charge in [0.15, 0.2) is 6.61 Å². The summed E-state index contributed by atoms with van der Waals surface area (Å²) in [6.07, 6.45) is 1.20. The summed E-state index contributed by atoms with van der Waals surface area (Å²) in [5.74, 6) is -1.45. The van der Waals surface area contributed by atoms with Crippen LogP contribution in [-0.2, 0) is 20.9 Å². The van der Waals surface area contributed by atoms with Crippen molar-refractivity contribution in [3.8, 4) is 0 Å². The van der Waals surface area contributed by atoms with E-state index in [0.717, 1.165) is 6.07 Å². The van der Waals surface area contributed by atoms with Crippen LogP contribution in [-0.4, -0.2) is 33.0 Å². The SMILES string of the molecule is O=C(COC(=O)CCn1cnc2sccc2c1=O)Nc1ccc(Cl)cc1[N+](=O)[O-]. The van der Waals surface area contributed by atoms with Gasteiger partial charge in [-0.25, -0.2) is 4.98 Å². The molecule has 0 unspecified atom stereocenters. The highest BCUT2D eigenvalue weighted by Crippen LogP contribution is 2.27. The summed E-state index contributed by atoms with van der Waals surface area (Å²) >= 11 is 7.05. The number of aromatic nitrogens is 2. The van der Waals surface area contributed by atoms with E-state index >= 15 is 0 Å². The number of ether oxygens (including phenoxy) is 1. The molecule has 0 spiro atoms. The van der Waals surface area contributed by atoms with Crippen LogP contribution in [0.3, 0.4) is 0 Å². The van der Waals surface area contributed by atoms with Crippen LogP contribution in [0, 0.1) is 10.1 Å². The van der Waals surface area contributed by atoms with Gasteiger partial charge in [-0.3, -0.25) is 29.1 Å². The lowest BCUT2D eigenvalue weighted by Crippen LogP contribution is -2.24. The van der Waals surface area contributed by atoms with E-state index in [0.29, 0.717) is 10.2 Å². The first kappa shape index (κ1) is 20.4. The molecule has 0 saturated heterocycles. The lowest BCUT2D eigenvalue weighted by molar-refractivity contribution is -0.383. The normalized spacial score (nSPS) is 10.7. The van der Waals surface area contributed by atoms with Crippen molar-refractivity contribution in [2.45, 2.75) is 13.0 Å². The highest BCUT2D eigenvalue weighted by atomic mass is 35.5. The van der Waals surface area contributed by atoms with Crippen LogP contribution in [0.2, 0.25) is 5.02 Å². The number of benzene rings is 1. The number of nitro benzene ring substituents is 1. The third-order valence-corrected chi connectivity index (χ3v) is 4.86. The molecule has 3 aromatic rings. The molecule has 10 nitrogen and oxygen atoms in total. The number of fused-ring (bicyclic) bond motifs is 1. The maximum Gasteiger partial charge on any atom is 0.308 e. The lowest BCUT2D eigenvalue weighted by atomic mass is 10.2. The molecule has 2 aromatic heterocycles. The molecule has 0 aliphatic rings. The van der Waals surface area contributed by atoms with Crippen LogP contribution in [0.4, 0.5) is 11.4 Å². The summed E-state index contributed by atoms with van der Waals surface area (Å²) in [5.41, 5.74) is -0.716. The number of hydrogen-bond donors (Lipinski definition) is 1. The molecule has 0 saturated carbocycles. The van der Waals surface area contributed by atoms with Crippen molar-refractivity contribution in [1.29, 1.82) is 0 Å². The van der Waals surface area contributed by atoms with Crippen molar-refractivity contribution < 1.29 is 19.2 Å². The van der Waals surface area contributed by atoms with Gasteiger partial charge in [0, 0.05) is 17.6 Å². The maximum absolute atomic E-state index is 12.2. The molecule has 3 rings (SSSR count). The topological polar surface area (TPSA) is 133 Å². The number of rotatable bonds is 7. The van der Waals surface area contributed by atoms with E-state index < -0.39 is 23.4 Å². The smallest absolute Gasteiger partial charge is 0.308 e. The number of thiophene rings is 1. The second-order valence-electron chi connectivity index (χ2n) is 5.76. The van der Waals surface area contributed by atoms with Gasteiger partial charge in [-0.1, -0.05) is 11.6 Å². The van der Waals surface area contributed by atoms with E-state index in [4.69, 9.17) is 16.3 Å². The van der Waals surface area contributed by atoms with E-state index in [2.05, 4.69) is 10.3 Å². The fraction of sp³-hybridized carbons (Fsp3) is 0.176. The molecule has 0 aliphatic heterocycles. The predicted octanol–water partition coefficient (Wildman–Crippen LogP) is 2.59. The Morgan fingerprint density at radius 3 is 2.90 bits per heavy atom. The fourth-order valence-corrected chi connectivity index (χ4v) is 3.32. The summed E-state index contributed by atoms with van der Waals surface area (Å²) in [6.45, 7) is -0.587. The number of carbonyl (C=O) groups excluding carboxylic acids is 2. The zero-order valence-corrected chi connectivity index (χ0v) is 16.2. The Morgan fingerprint density at radius 1 is 1.34 bits per heavy atom. The van der Waals surface area contributed by atoms with E-state index in [-0.39, 0.29) is 34.9 Å². The monoisotopic (exact) mass is 436 g/mol. The third-order valence-electron chi connectivity index (χ3n) is 3.80. The van der Waals surface area contributed by atoms with Gasteiger partial charge in [-0.15, -0.1) is 11.3 Å². The quantitative estimate of drug-likeness (QED) is 0.341. The summed E-state index contributed by atoms with van der Waals surface area (Å²) in [5, 5.41) is 15.7. The number of halogens is 1. The number of aryl methyl sites for hydroxylation is 1. The van der Waals surface area contributed by atoms with Crippen LogP contribution in [0.15, 0.2) is 40.8 Å². The zero-order valence-electron chi connectivity index (χ0n) is 14.7. The van der Waals surface area contributed by atoms with Crippen LogP contribution in [0.1, 0.15) is 6.42 Å². The van der Waals surface area contributed by atoms with E-state index in [1.807, 2.05) is 0 Å². The number of esters is 1. The van der Waals surface area contributed by atoms with Gasteiger partial charge in [-0.05, 0) is 23.6 Å². The Kier molecular flexibility index (Phi) is 6.20. The zero-order chi connectivity index (χ0) is 21.0. The number of nitrogens with one attached hydrogen (secondary N) is 1. The fourth-order valence-electron chi connectivity index (χ4n) is 2.43. The Labute approximate surface area is 171 Å². The third kappa shape index (κ3) is 4.95. The molecule has 150 valence electrons. The van der Waals surface area contributed by atoms with Gasteiger partial charge in [0.05, 0.1) is 23.1 Å².